The summed E-state index contributed by atoms with van der Waals surface area (Å²) in [6.07, 6.45) is 0. The second-order valence-corrected chi connectivity index (χ2v) is 7.77. The zero-order chi connectivity index (χ0) is 19.4. The smallest absolute Gasteiger partial charge is 0.174 e. The number of benzene rings is 3. The van der Waals surface area contributed by atoms with E-state index >= 15 is 0 Å². The summed E-state index contributed by atoms with van der Waals surface area (Å²) in [5.74, 6) is 0.641. The molecule has 0 N–H and O–H groups in total. The maximum absolute atomic E-state index is 13.8. The van der Waals surface area contributed by atoms with Crippen LogP contribution in [0.1, 0.15) is 78.1 Å². The van der Waals surface area contributed by atoms with Crippen LogP contribution < -0.4 is 0 Å². The van der Waals surface area contributed by atoms with E-state index in [4.69, 9.17) is 0 Å². The van der Waals surface area contributed by atoms with Crippen molar-refractivity contribution in [1.29, 1.82) is 0 Å². The van der Waals surface area contributed by atoms with Crippen LogP contribution in [0.5, 0.6) is 0 Å². The molecule has 0 saturated carbocycles. The van der Waals surface area contributed by atoms with Gasteiger partial charge in [-0.25, -0.2) is 0 Å². The highest BCUT2D eigenvalue weighted by molar-refractivity contribution is 6.04. The van der Waals surface area contributed by atoms with Gasteiger partial charge in [-0.05, 0) is 34.1 Å². The number of Topliss-reactive ketones (excluding diaryl/α,β-unsaturated/α-hetero) is 1. The first-order valence-electron chi connectivity index (χ1n) is 9.77. The number of hydrogen-bond donors (Lipinski definition) is 0. The van der Waals surface area contributed by atoms with Crippen LogP contribution in [0.15, 0.2) is 78.9 Å². The van der Waals surface area contributed by atoms with Gasteiger partial charge in [0.05, 0.1) is 5.92 Å². The van der Waals surface area contributed by atoms with E-state index in [1.807, 2.05) is 66.7 Å². The largest absolute Gasteiger partial charge is 0.293 e. The van der Waals surface area contributed by atoms with Gasteiger partial charge in [0.2, 0.25) is 0 Å². The van der Waals surface area contributed by atoms with Crippen molar-refractivity contribution in [1.82, 2.24) is 0 Å². The van der Waals surface area contributed by atoms with Crippen LogP contribution in [0.2, 0.25) is 0 Å². The lowest BCUT2D eigenvalue weighted by molar-refractivity contribution is 0.0972. The molecular formula is C26H28O. The van der Waals surface area contributed by atoms with Crippen LogP contribution in [0.3, 0.4) is 0 Å². The van der Waals surface area contributed by atoms with E-state index in [1.54, 1.807) is 0 Å². The third kappa shape index (κ3) is 4.19. The summed E-state index contributed by atoms with van der Waals surface area (Å²) < 4.78 is 0. The van der Waals surface area contributed by atoms with Crippen molar-refractivity contribution >= 4 is 5.78 Å². The van der Waals surface area contributed by atoms with Crippen molar-refractivity contribution in [2.45, 2.75) is 45.4 Å². The molecule has 138 valence electrons. The van der Waals surface area contributed by atoms with E-state index in [2.05, 4.69) is 39.8 Å². The minimum atomic E-state index is -0.283. The van der Waals surface area contributed by atoms with Crippen molar-refractivity contribution in [2.75, 3.05) is 0 Å². The molecule has 0 aliphatic rings. The van der Waals surface area contributed by atoms with E-state index < -0.39 is 0 Å². The van der Waals surface area contributed by atoms with Gasteiger partial charge in [0.15, 0.2) is 5.78 Å². The van der Waals surface area contributed by atoms with Gasteiger partial charge in [-0.1, -0.05) is 107 Å². The molecule has 27 heavy (non-hydrogen) atoms. The average molecular weight is 357 g/mol. The minimum absolute atomic E-state index is 0.173. The number of carbonyl (C=O) groups is 1. The molecule has 3 rings (SSSR count). The van der Waals surface area contributed by atoms with Gasteiger partial charge in [0, 0.05) is 5.56 Å². The van der Waals surface area contributed by atoms with Gasteiger partial charge in [-0.2, -0.15) is 0 Å². The first-order valence-corrected chi connectivity index (χ1v) is 9.77. The Morgan fingerprint density at radius 2 is 1.15 bits per heavy atom. The highest BCUT2D eigenvalue weighted by atomic mass is 16.1. The molecule has 0 aromatic heterocycles. The summed E-state index contributed by atoms with van der Waals surface area (Å²) >= 11 is 0. The Bertz CT molecular complexity index is 853. The molecule has 0 fully saturated rings. The van der Waals surface area contributed by atoms with Gasteiger partial charge in [0.1, 0.15) is 0 Å². The zero-order valence-corrected chi connectivity index (χ0v) is 16.6. The highest BCUT2D eigenvalue weighted by Gasteiger charge is 2.26. The molecule has 0 amide bonds. The van der Waals surface area contributed by atoms with E-state index in [0.29, 0.717) is 11.8 Å². The molecule has 0 unspecified atom stereocenters. The van der Waals surface area contributed by atoms with Crippen LogP contribution >= 0.6 is 0 Å². The van der Waals surface area contributed by atoms with Gasteiger partial charge in [0.25, 0.3) is 0 Å². The fourth-order valence-corrected chi connectivity index (χ4v) is 3.58. The Labute approximate surface area is 163 Å². The lowest BCUT2D eigenvalue weighted by atomic mass is 9.81. The van der Waals surface area contributed by atoms with Crippen LogP contribution in [-0.4, -0.2) is 5.78 Å². The summed E-state index contributed by atoms with van der Waals surface area (Å²) in [4.78, 5) is 13.8. The van der Waals surface area contributed by atoms with Gasteiger partial charge in [-0.3, -0.25) is 4.79 Å². The molecular weight excluding hydrogens is 328 g/mol. The minimum Gasteiger partial charge on any atom is -0.293 e. The van der Waals surface area contributed by atoms with Crippen LogP contribution in [0.25, 0.3) is 0 Å². The molecule has 0 aliphatic carbocycles. The standard InChI is InChI=1S/C26H28O/c1-18(2)22-15-16-23(24(17-22)19(3)4)26(27)25(20-11-7-5-8-12-20)21-13-9-6-10-14-21/h5-19,25H,1-4H3. The number of hydrogen-bond acceptors (Lipinski definition) is 1. The predicted molar refractivity (Wildman–Crippen MR) is 114 cm³/mol. The lowest BCUT2D eigenvalue weighted by Crippen LogP contribution is -2.17. The molecule has 0 heterocycles. The Morgan fingerprint density at radius 3 is 1.59 bits per heavy atom. The van der Waals surface area contributed by atoms with E-state index in [1.165, 1.54) is 5.56 Å². The average Bonchev–Trinajstić information content (AvgIpc) is 2.69. The van der Waals surface area contributed by atoms with Gasteiger partial charge in [-0.15, -0.1) is 0 Å². The van der Waals surface area contributed by atoms with E-state index in [-0.39, 0.29) is 11.7 Å². The third-order valence-electron chi connectivity index (χ3n) is 5.16. The Balaban J connectivity index is 2.13. The summed E-state index contributed by atoms with van der Waals surface area (Å²) in [7, 11) is 0. The quantitative estimate of drug-likeness (QED) is 0.437. The third-order valence-corrected chi connectivity index (χ3v) is 5.16. The molecule has 1 nitrogen and oxygen atoms in total. The molecule has 3 aromatic rings. The Kier molecular flexibility index (Phi) is 5.91. The molecule has 0 radical (unpaired) electrons. The second kappa shape index (κ2) is 8.35. The predicted octanol–water partition coefficient (Wildman–Crippen LogP) is 6.95. The first kappa shape index (κ1) is 19.1. The van der Waals surface area contributed by atoms with E-state index in [9.17, 15) is 4.79 Å². The monoisotopic (exact) mass is 356 g/mol. The lowest BCUT2D eigenvalue weighted by Gasteiger charge is -2.21. The summed E-state index contributed by atoms with van der Waals surface area (Å²) in [5.41, 5.74) is 5.34. The Morgan fingerprint density at radius 1 is 0.630 bits per heavy atom. The maximum atomic E-state index is 13.8. The first-order chi connectivity index (χ1) is 13.0. The second-order valence-electron chi connectivity index (χ2n) is 7.77. The maximum Gasteiger partial charge on any atom is 0.174 e. The van der Waals surface area contributed by atoms with Crippen LogP contribution in [0.4, 0.5) is 0 Å². The molecule has 0 aliphatic heterocycles. The van der Waals surface area contributed by atoms with Gasteiger partial charge >= 0.3 is 0 Å². The fourth-order valence-electron chi connectivity index (χ4n) is 3.58. The number of rotatable bonds is 6. The van der Waals surface area contributed by atoms with Crippen molar-refractivity contribution in [3.63, 3.8) is 0 Å². The van der Waals surface area contributed by atoms with Crippen molar-refractivity contribution in [2.24, 2.45) is 0 Å². The zero-order valence-electron chi connectivity index (χ0n) is 16.6. The highest BCUT2D eigenvalue weighted by Crippen LogP contribution is 2.33. The number of carbonyl (C=O) groups excluding carboxylic acids is 1. The van der Waals surface area contributed by atoms with Crippen LogP contribution in [-0.2, 0) is 0 Å². The SMILES string of the molecule is CC(C)c1ccc(C(=O)C(c2ccccc2)c2ccccc2)c(C(C)C)c1. The summed E-state index contributed by atoms with van der Waals surface area (Å²) in [6, 6.07) is 26.6. The van der Waals surface area contributed by atoms with Crippen molar-refractivity contribution < 1.29 is 4.79 Å². The van der Waals surface area contributed by atoms with E-state index in [0.717, 1.165) is 22.3 Å². The van der Waals surface area contributed by atoms with Gasteiger partial charge < -0.3 is 0 Å². The molecule has 1 heteroatoms. The molecule has 0 atom stereocenters. The number of ketones is 1. The summed E-state index contributed by atoms with van der Waals surface area (Å²) in [5, 5.41) is 0. The fraction of sp³-hybridized carbons (Fsp3) is 0.269. The topological polar surface area (TPSA) is 17.1 Å². The van der Waals surface area contributed by atoms with Crippen molar-refractivity contribution in [3.8, 4) is 0 Å². The molecule has 3 aromatic carbocycles. The van der Waals surface area contributed by atoms with Crippen LogP contribution in [0, 0.1) is 0 Å². The molecule has 0 bridgehead atoms. The Hall–Kier alpha value is -2.67. The van der Waals surface area contributed by atoms with Crippen molar-refractivity contribution in [3.05, 3.63) is 107 Å². The summed E-state index contributed by atoms with van der Waals surface area (Å²) in [6.45, 7) is 8.71. The normalized spacial score (nSPS) is 11.4. The molecule has 0 spiro atoms. The molecule has 0 saturated heterocycles.